The molecule has 0 saturated carbocycles. The normalized spacial score (nSPS) is 10.7. The summed E-state index contributed by atoms with van der Waals surface area (Å²) in [5, 5.41) is 4.67. The molecule has 0 aliphatic carbocycles. The molecule has 0 atom stereocenters. The van der Waals surface area contributed by atoms with E-state index < -0.39 is 0 Å². The summed E-state index contributed by atoms with van der Waals surface area (Å²) in [5.74, 6) is 0.573. The van der Waals surface area contributed by atoms with Crippen LogP contribution in [0.1, 0.15) is 6.42 Å². The van der Waals surface area contributed by atoms with Gasteiger partial charge in [0.05, 0.1) is 18.1 Å². The number of carbonyl (C=O) groups is 1. The van der Waals surface area contributed by atoms with Gasteiger partial charge in [0, 0.05) is 24.8 Å². The van der Waals surface area contributed by atoms with Gasteiger partial charge in [-0.05, 0) is 29.7 Å². The Bertz CT molecular complexity index is 829. The fraction of sp³-hybridized carbons (Fsp3) is 0.211. The number of aromatic nitrogens is 1. The molecule has 0 aliphatic rings. The summed E-state index contributed by atoms with van der Waals surface area (Å²) in [6, 6.07) is 17.5. The van der Waals surface area contributed by atoms with Crippen LogP contribution in [0, 0.1) is 0 Å². The highest BCUT2D eigenvalue weighted by Crippen LogP contribution is 2.23. The van der Waals surface area contributed by atoms with Crippen LogP contribution in [0.4, 0.5) is 0 Å². The lowest BCUT2D eigenvalue weighted by Crippen LogP contribution is -2.28. The first-order chi connectivity index (χ1) is 11.7. The maximum absolute atomic E-state index is 11.9. The molecular weight excluding hydrogens is 324 g/mol. The number of amides is 1. The number of nitrogens with zero attached hydrogens (tertiary/aromatic N) is 1. The zero-order valence-electron chi connectivity index (χ0n) is 13.2. The number of fused-ring (bicyclic) bond motifs is 1. The van der Waals surface area contributed by atoms with Gasteiger partial charge in [0.15, 0.2) is 0 Å². The van der Waals surface area contributed by atoms with Gasteiger partial charge in [-0.2, -0.15) is 0 Å². The van der Waals surface area contributed by atoms with Gasteiger partial charge in [0.25, 0.3) is 0 Å². The van der Waals surface area contributed by atoms with Gasteiger partial charge >= 0.3 is 0 Å². The third-order valence-electron chi connectivity index (χ3n) is 3.78. The smallest absolute Gasteiger partial charge is 0.223 e. The molecule has 0 radical (unpaired) electrons. The van der Waals surface area contributed by atoms with Crippen LogP contribution in [0.3, 0.4) is 0 Å². The van der Waals surface area contributed by atoms with Crippen molar-refractivity contribution in [3.8, 4) is 5.75 Å². The van der Waals surface area contributed by atoms with E-state index in [4.69, 9.17) is 16.3 Å². The van der Waals surface area contributed by atoms with Crippen molar-refractivity contribution in [2.75, 3.05) is 13.2 Å². The molecule has 1 amide bonds. The summed E-state index contributed by atoms with van der Waals surface area (Å²) in [5.41, 5.74) is 1.17. The first kappa shape index (κ1) is 16.4. The molecule has 5 heteroatoms. The average Bonchev–Trinajstić information content (AvgIpc) is 3.00. The summed E-state index contributed by atoms with van der Waals surface area (Å²) < 4.78 is 7.65. The second-order valence-corrected chi connectivity index (χ2v) is 5.85. The number of hydrogen-bond donors (Lipinski definition) is 1. The minimum absolute atomic E-state index is 0.0292. The standard InChI is InChI=1S/C19H19ClN2O2/c20-16-6-2-4-8-18(16)24-14-10-19(23)21-11-13-22-12-9-15-5-1-3-7-17(15)22/h1-9,12H,10-11,13-14H2,(H,21,23). The van der Waals surface area contributed by atoms with Crippen molar-refractivity contribution in [1.82, 2.24) is 9.88 Å². The van der Waals surface area contributed by atoms with Crippen LogP contribution in [0.2, 0.25) is 5.02 Å². The molecule has 0 spiro atoms. The molecular formula is C19H19ClN2O2. The Kier molecular flexibility index (Phi) is 5.39. The van der Waals surface area contributed by atoms with Crippen LogP contribution in [0.25, 0.3) is 10.9 Å². The SMILES string of the molecule is O=C(CCOc1ccccc1Cl)NCCn1ccc2ccccc21. The first-order valence-electron chi connectivity index (χ1n) is 7.92. The second kappa shape index (κ2) is 7.88. The summed E-state index contributed by atoms with van der Waals surface area (Å²) in [6.45, 7) is 1.64. The molecule has 0 unspecified atom stereocenters. The van der Waals surface area contributed by atoms with Gasteiger partial charge in [-0.15, -0.1) is 0 Å². The van der Waals surface area contributed by atoms with Crippen molar-refractivity contribution in [2.45, 2.75) is 13.0 Å². The maximum atomic E-state index is 11.9. The summed E-state index contributed by atoms with van der Waals surface area (Å²) in [7, 11) is 0. The molecule has 4 nitrogen and oxygen atoms in total. The predicted octanol–water partition coefficient (Wildman–Crippen LogP) is 3.88. The van der Waals surface area contributed by atoms with Crippen molar-refractivity contribution in [3.05, 3.63) is 65.8 Å². The minimum Gasteiger partial charge on any atom is -0.491 e. The molecule has 124 valence electrons. The Hall–Kier alpha value is -2.46. The zero-order valence-corrected chi connectivity index (χ0v) is 14.0. The van der Waals surface area contributed by atoms with E-state index in [1.807, 2.05) is 30.5 Å². The van der Waals surface area contributed by atoms with Gasteiger partial charge in [-0.1, -0.05) is 41.9 Å². The number of nitrogens with one attached hydrogen (secondary N) is 1. The van der Waals surface area contributed by atoms with Crippen molar-refractivity contribution in [1.29, 1.82) is 0 Å². The summed E-state index contributed by atoms with van der Waals surface area (Å²) in [6.07, 6.45) is 2.34. The number of rotatable bonds is 7. The molecule has 3 aromatic rings. The van der Waals surface area contributed by atoms with E-state index in [-0.39, 0.29) is 5.91 Å². The van der Waals surface area contributed by atoms with Gasteiger partial charge in [0.2, 0.25) is 5.91 Å². The monoisotopic (exact) mass is 342 g/mol. The lowest BCUT2D eigenvalue weighted by Gasteiger charge is -2.09. The van der Waals surface area contributed by atoms with Crippen LogP contribution in [0.5, 0.6) is 5.75 Å². The van der Waals surface area contributed by atoms with Crippen molar-refractivity contribution >= 4 is 28.4 Å². The third kappa shape index (κ3) is 4.09. The van der Waals surface area contributed by atoms with Gasteiger partial charge in [-0.25, -0.2) is 0 Å². The van der Waals surface area contributed by atoms with Crippen molar-refractivity contribution in [3.63, 3.8) is 0 Å². The number of carbonyl (C=O) groups excluding carboxylic acids is 1. The molecule has 0 aliphatic heterocycles. The fourth-order valence-corrected chi connectivity index (χ4v) is 2.75. The Morgan fingerprint density at radius 1 is 1.08 bits per heavy atom. The number of para-hydroxylation sites is 2. The van der Waals surface area contributed by atoms with E-state index >= 15 is 0 Å². The van der Waals surface area contributed by atoms with Crippen LogP contribution in [-0.4, -0.2) is 23.6 Å². The minimum atomic E-state index is -0.0292. The topological polar surface area (TPSA) is 43.3 Å². The van der Waals surface area contributed by atoms with E-state index in [9.17, 15) is 4.79 Å². The van der Waals surface area contributed by atoms with E-state index in [0.717, 1.165) is 6.54 Å². The third-order valence-corrected chi connectivity index (χ3v) is 4.09. The van der Waals surface area contributed by atoms with Crippen molar-refractivity contribution in [2.24, 2.45) is 0 Å². The molecule has 0 saturated heterocycles. The Balaban J connectivity index is 1.41. The number of benzene rings is 2. The highest BCUT2D eigenvalue weighted by Gasteiger charge is 2.05. The van der Waals surface area contributed by atoms with Gasteiger partial charge < -0.3 is 14.6 Å². The lowest BCUT2D eigenvalue weighted by atomic mass is 10.2. The van der Waals surface area contributed by atoms with E-state index in [0.29, 0.717) is 30.3 Å². The molecule has 1 aromatic heterocycles. The Morgan fingerprint density at radius 3 is 2.75 bits per heavy atom. The molecule has 2 aromatic carbocycles. The lowest BCUT2D eigenvalue weighted by molar-refractivity contribution is -0.121. The fourth-order valence-electron chi connectivity index (χ4n) is 2.56. The maximum Gasteiger partial charge on any atom is 0.223 e. The Morgan fingerprint density at radius 2 is 1.88 bits per heavy atom. The number of halogens is 1. The summed E-state index contributed by atoms with van der Waals surface area (Å²) in [4.78, 5) is 11.9. The van der Waals surface area contributed by atoms with Crippen LogP contribution in [-0.2, 0) is 11.3 Å². The predicted molar refractivity (Wildman–Crippen MR) is 96.5 cm³/mol. The second-order valence-electron chi connectivity index (χ2n) is 5.45. The average molecular weight is 343 g/mol. The number of ether oxygens (including phenoxy) is 1. The molecule has 0 fully saturated rings. The summed E-state index contributed by atoms with van der Waals surface area (Å²) >= 11 is 6.00. The molecule has 1 N–H and O–H groups in total. The molecule has 24 heavy (non-hydrogen) atoms. The highest BCUT2D eigenvalue weighted by atomic mass is 35.5. The van der Waals surface area contributed by atoms with Crippen LogP contribution < -0.4 is 10.1 Å². The van der Waals surface area contributed by atoms with Crippen LogP contribution >= 0.6 is 11.6 Å². The van der Waals surface area contributed by atoms with E-state index in [2.05, 4.69) is 28.1 Å². The van der Waals surface area contributed by atoms with Crippen molar-refractivity contribution < 1.29 is 9.53 Å². The Labute approximate surface area is 146 Å². The van der Waals surface area contributed by atoms with Gasteiger partial charge in [-0.3, -0.25) is 4.79 Å². The molecule has 3 rings (SSSR count). The van der Waals surface area contributed by atoms with Crippen LogP contribution in [0.15, 0.2) is 60.8 Å². The largest absolute Gasteiger partial charge is 0.491 e. The zero-order chi connectivity index (χ0) is 16.8. The highest BCUT2D eigenvalue weighted by molar-refractivity contribution is 6.32. The van der Waals surface area contributed by atoms with E-state index in [1.165, 1.54) is 10.9 Å². The molecule has 1 heterocycles. The van der Waals surface area contributed by atoms with E-state index in [1.54, 1.807) is 12.1 Å². The molecule has 0 bridgehead atoms. The first-order valence-corrected chi connectivity index (χ1v) is 8.30. The van der Waals surface area contributed by atoms with Gasteiger partial charge in [0.1, 0.15) is 5.75 Å². The number of hydrogen-bond acceptors (Lipinski definition) is 2. The quantitative estimate of drug-likeness (QED) is 0.708.